The molecule has 2 aliphatic heterocycles. The lowest BCUT2D eigenvalue weighted by Crippen LogP contribution is -2.36. The van der Waals surface area contributed by atoms with E-state index in [1.807, 2.05) is 18.3 Å². The van der Waals surface area contributed by atoms with Crippen LogP contribution in [0.15, 0.2) is 79.0 Å². The van der Waals surface area contributed by atoms with Gasteiger partial charge < -0.3 is 24.4 Å². The first-order valence-electron chi connectivity index (χ1n) is 13.2. The number of para-hydroxylation sites is 1. The average Bonchev–Trinajstić information content (AvgIpc) is 3.45. The van der Waals surface area contributed by atoms with E-state index in [-0.39, 0.29) is 12.1 Å². The number of benzene rings is 2. The normalized spacial score (nSPS) is 19.6. The van der Waals surface area contributed by atoms with Crippen LogP contribution < -0.4 is 15.1 Å². The summed E-state index contributed by atoms with van der Waals surface area (Å²) in [5.74, 6) is 0. The third kappa shape index (κ3) is 4.36. The summed E-state index contributed by atoms with van der Waals surface area (Å²) < 4.78 is 7.90. The molecule has 2 atom stereocenters. The smallest absolute Gasteiger partial charge is 0.174 e. The van der Waals surface area contributed by atoms with Crippen LogP contribution in [0, 0.1) is 20.8 Å². The average molecular weight is 524 g/mol. The SMILES string of the molecule is Cc1ccccc1-n1c(C)cc(C2C(c3ccccn3)NC(=S)N2c2ccc(N3CCOCC3)cc2)c1C. The summed E-state index contributed by atoms with van der Waals surface area (Å²) in [5, 5.41) is 4.32. The molecule has 2 unspecified atom stereocenters. The minimum Gasteiger partial charge on any atom is -0.378 e. The van der Waals surface area contributed by atoms with Crippen molar-refractivity contribution < 1.29 is 4.74 Å². The molecule has 2 saturated heterocycles. The Labute approximate surface area is 229 Å². The zero-order chi connectivity index (χ0) is 26.2. The van der Waals surface area contributed by atoms with E-state index in [9.17, 15) is 0 Å². The van der Waals surface area contributed by atoms with Gasteiger partial charge in [-0.15, -0.1) is 0 Å². The summed E-state index contributed by atoms with van der Waals surface area (Å²) in [5.41, 5.74) is 9.38. The molecular weight excluding hydrogens is 490 g/mol. The highest BCUT2D eigenvalue weighted by Crippen LogP contribution is 2.44. The maximum Gasteiger partial charge on any atom is 0.174 e. The van der Waals surface area contributed by atoms with E-state index in [0.717, 1.165) is 37.7 Å². The third-order valence-corrected chi connectivity index (χ3v) is 8.06. The van der Waals surface area contributed by atoms with Crippen LogP contribution in [0.3, 0.4) is 0 Å². The van der Waals surface area contributed by atoms with Gasteiger partial charge in [-0.3, -0.25) is 4.98 Å². The summed E-state index contributed by atoms with van der Waals surface area (Å²) in [4.78, 5) is 9.37. The lowest BCUT2D eigenvalue weighted by molar-refractivity contribution is 0.122. The lowest BCUT2D eigenvalue weighted by Gasteiger charge is -2.31. The molecule has 2 aliphatic rings. The fourth-order valence-electron chi connectivity index (χ4n) is 5.87. The largest absolute Gasteiger partial charge is 0.378 e. The van der Waals surface area contributed by atoms with Gasteiger partial charge in [0.2, 0.25) is 0 Å². The number of ether oxygens (including phenoxy) is 1. The first-order chi connectivity index (χ1) is 18.5. The van der Waals surface area contributed by atoms with Gasteiger partial charge in [-0.05, 0) is 92.6 Å². The van der Waals surface area contributed by atoms with Crippen LogP contribution >= 0.6 is 12.2 Å². The van der Waals surface area contributed by atoms with Gasteiger partial charge in [0.05, 0.1) is 31.0 Å². The van der Waals surface area contributed by atoms with E-state index in [0.29, 0.717) is 5.11 Å². The molecule has 6 nitrogen and oxygen atoms in total. The highest BCUT2D eigenvalue weighted by molar-refractivity contribution is 7.80. The molecule has 194 valence electrons. The number of hydrogen-bond acceptors (Lipinski definition) is 4. The van der Waals surface area contributed by atoms with Gasteiger partial charge in [0.25, 0.3) is 0 Å². The summed E-state index contributed by atoms with van der Waals surface area (Å²) in [6.07, 6.45) is 1.85. The predicted octanol–water partition coefficient (Wildman–Crippen LogP) is 5.81. The molecule has 0 aliphatic carbocycles. The molecule has 7 heteroatoms. The molecule has 4 aromatic rings. The van der Waals surface area contributed by atoms with Crippen molar-refractivity contribution in [3.8, 4) is 5.69 Å². The first kappa shape index (κ1) is 24.6. The van der Waals surface area contributed by atoms with Gasteiger partial charge in [-0.25, -0.2) is 0 Å². The molecule has 0 saturated carbocycles. The van der Waals surface area contributed by atoms with E-state index in [4.69, 9.17) is 21.9 Å². The zero-order valence-electron chi connectivity index (χ0n) is 22.1. The number of thiocarbonyl (C=S) groups is 1. The number of anilines is 2. The first-order valence-corrected chi connectivity index (χ1v) is 13.6. The Kier molecular flexibility index (Phi) is 6.64. The van der Waals surface area contributed by atoms with Crippen molar-refractivity contribution in [1.82, 2.24) is 14.9 Å². The Bertz CT molecular complexity index is 1440. The molecule has 2 aromatic heterocycles. The molecule has 0 radical (unpaired) electrons. The minimum atomic E-state index is -0.0755. The van der Waals surface area contributed by atoms with Crippen molar-refractivity contribution in [1.29, 1.82) is 0 Å². The second-order valence-corrected chi connectivity index (χ2v) is 10.4. The van der Waals surface area contributed by atoms with Crippen molar-refractivity contribution in [2.24, 2.45) is 0 Å². The maximum absolute atomic E-state index is 5.99. The maximum atomic E-state index is 5.99. The monoisotopic (exact) mass is 523 g/mol. The van der Waals surface area contributed by atoms with Crippen LogP contribution in [-0.4, -0.2) is 41.0 Å². The van der Waals surface area contributed by atoms with Crippen LogP contribution in [0.5, 0.6) is 0 Å². The van der Waals surface area contributed by atoms with Crippen molar-refractivity contribution in [2.45, 2.75) is 32.9 Å². The number of morpholine rings is 1. The Balaban J connectivity index is 1.44. The van der Waals surface area contributed by atoms with Crippen molar-refractivity contribution in [2.75, 3.05) is 36.1 Å². The second kappa shape index (κ2) is 10.2. The van der Waals surface area contributed by atoms with Gasteiger partial charge in [0.1, 0.15) is 0 Å². The Morgan fingerprint density at radius 2 is 1.61 bits per heavy atom. The number of pyridine rings is 1. The van der Waals surface area contributed by atoms with Gasteiger partial charge in [-0.1, -0.05) is 24.3 Å². The van der Waals surface area contributed by atoms with Crippen molar-refractivity contribution in [3.63, 3.8) is 0 Å². The van der Waals surface area contributed by atoms with Crippen LogP contribution in [0.1, 0.15) is 40.3 Å². The molecule has 0 bridgehead atoms. The van der Waals surface area contributed by atoms with E-state index in [1.165, 1.54) is 33.9 Å². The molecule has 2 fully saturated rings. The van der Waals surface area contributed by atoms with E-state index in [1.54, 1.807) is 0 Å². The number of nitrogens with one attached hydrogen (secondary N) is 1. The van der Waals surface area contributed by atoms with Crippen LogP contribution in [0.4, 0.5) is 11.4 Å². The molecule has 1 N–H and O–H groups in total. The second-order valence-electron chi connectivity index (χ2n) is 10.1. The summed E-state index contributed by atoms with van der Waals surface area (Å²) in [7, 11) is 0. The number of rotatable bonds is 5. The fraction of sp³-hybridized carbons (Fsp3) is 0.290. The highest BCUT2D eigenvalue weighted by atomic mass is 32.1. The molecular formula is C31H33N5OS. The Hall–Kier alpha value is -3.68. The number of aromatic nitrogens is 2. The Morgan fingerprint density at radius 3 is 2.32 bits per heavy atom. The summed E-state index contributed by atoms with van der Waals surface area (Å²) in [6, 6.07) is 25.6. The number of hydrogen-bond donors (Lipinski definition) is 1. The van der Waals surface area contributed by atoms with Crippen LogP contribution in [-0.2, 0) is 4.74 Å². The number of nitrogens with zero attached hydrogens (tertiary/aromatic N) is 4. The standard InChI is InChI=1S/C31H33N5OS/c1-21-8-4-5-10-28(21)35-22(2)20-26(23(35)3)30-29(27-9-6-7-15-32-27)33-31(38)36(30)25-13-11-24(12-14-25)34-16-18-37-19-17-34/h4-15,20,29-30H,16-19H2,1-3H3,(H,33,38). The summed E-state index contributed by atoms with van der Waals surface area (Å²) in [6.45, 7) is 9.93. The highest BCUT2D eigenvalue weighted by Gasteiger charge is 2.42. The van der Waals surface area contributed by atoms with E-state index >= 15 is 0 Å². The zero-order valence-corrected chi connectivity index (χ0v) is 22.9. The minimum absolute atomic E-state index is 0.0457. The lowest BCUT2D eigenvalue weighted by atomic mass is 9.96. The molecule has 6 rings (SSSR count). The van der Waals surface area contributed by atoms with Gasteiger partial charge in [-0.2, -0.15) is 0 Å². The molecule has 0 spiro atoms. The van der Waals surface area contributed by atoms with E-state index in [2.05, 4.69) is 101 Å². The third-order valence-electron chi connectivity index (χ3n) is 7.75. The van der Waals surface area contributed by atoms with Gasteiger partial charge in [0.15, 0.2) is 5.11 Å². The van der Waals surface area contributed by atoms with Crippen molar-refractivity contribution in [3.05, 3.63) is 107 Å². The summed E-state index contributed by atoms with van der Waals surface area (Å²) >= 11 is 5.99. The van der Waals surface area contributed by atoms with Crippen LogP contribution in [0.25, 0.3) is 5.69 Å². The van der Waals surface area contributed by atoms with E-state index < -0.39 is 0 Å². The van der Waals surface area contributed by atoms with Gasteiger partial charge in [0, 0.05) is 47.7 Å². The van der Waals surface area contributed by atoms with Crippen LogP contribution in [0.2, 0.25) is 0 Å². The molecule has 38 heavy (non-hydrogen) atoms. The van der Waals surface area contributed by atoms with Crippen molar-refractivity contribution >= 4 is 28.7 Å². The molecule has 4 heterocycles. The number of aryl methyl sites for hydroxylation is 2. The van der Waals surface area contributed by atoms with Gasteiger partial charge >= 0.3 is 0 Å². The fourth-order valence-corrected chi connectivity index (χ4v) is 6.21. The topological polar surface area (TPSA) is 45.6 Å². The Morgan fingerprint density at radius 1 is 0.895 bits per heavy atom. The molecule has 2 aromatic carbocycles. The predicted molar refractivity (Wildman–Crippen MR) is 157 cm³/mol. The quantitative estimate of drug-likeness (QED) is 0.333. The molecule has 0 amide bonds.